The largest absolute Gasteiger partial charge is 0.486 e. The van der Waals surface area contributed by atoms with Crippen molar-refractivity contribution in [3.8, 4) is 11.5 Å². The maximum absolute atomic E-state index is 5.71. The van der Waals surface area contributed by atoms with Crippen molar-refractivity contribution in [1.82, 2.24) is 10.1 Å². The Balaban J connectivity index is 1.55. The van der Waals surface area contributed by atoms with Crippen molar-refractivity contribution in [3.63, 3.8) is 0 Å². The molecule has 1 saturated heterocycles. The summed E-state index contributed by atoms with van der Waals surface area (Å²) in [6.07, 6.45) is 2.36. The van der Waals surface area contributed by atoms with Crippen LogP contribution in [-0.2, 0) is 6.54 Å². The SMILES string of the molecule is Cc1cc(CN2CCC[C@@H]2c2ccc3c(c2)OCCO3)on1. The van der Waals surface area contributed by atoms with E-state index in [0.717, 1.165) is 42.5 Å². The van der Waals surface area contributed by atoms with Crippen molar-refractivity contribution in [1.29, 1.82) is 0 Å². The molecule has 1 atom stereocenters. The van der Waals surface area contributed by atoms with E-state index in [1.165, 1.54) is 12.0 Å². The lowest BCUT2D eigenvalue weighted by atomic mass is 10.0. The lowest BCUT2D eigenvalue weighted by Gasteiger charge is -2.25. The number of nitrogens with zero attached hydrogens (tertiary/aromatic N) is 2. The summed E-state index contributed by atoms with van der Waals surface area (Å²) in [7, 11) is 0. The van der Waals surface area contributed by atoms with Crippen LogP contribution in [0.4, 0.5) is 0 Å². The molecular formula is C17H20N2O3. The summed E-state index contributed by atoms with van der Waals surface area (Å²) in [6, 6.07) is 8.73. The van der Waals surface area contributed by atoms with Crippen LogP contribution in [0.2, 0.25) is 0 Å². The van der Waals surface area contributed by atoms with Crippen LogP contribution in [0.15, 0.2) is 28.8 Å². The van der Waals surface area contributed by atoms with E-state index >= 15 is 0 Å². The predicted octanol–water partition coefficient (Wildman–Crippen LogP) is 3.09. The van der Waals surface area contributed by atoms with Crippen LogP contribution in [-0.4, -0.2) is 29.8 Å². The first-order chi connectivity index (χ1) is 10.8. The Morgan fingerprint density at radius 3 is 2.86 bits per heavy atom. The summed E-state index contributed by atoms with van der Waals surface area (Å²) in [4.78, 5) is 2.45. The summed E-state index contributed by atoms with van der Waals surface area (Å²) < 4.78 is 16.7. The van der Waals surface area contributed by atoms with Crippen molar-refractivity contribution in [3.05, 3.63) is 41.3 Å². The number of aromatic nitrogens is 1. The molecule has 0 amide bonds. The van der Waals surface area contributed by atoms with Crippen LogP contribution < -0.4 is 9.47 Å². The van der Waals surface area contributed by atoms with Crippen molar-refractivity contribution < 1.29 is 14.0 Å². The molecule has 2 aliphatic heterocycles. The number of likely N-dealkylation sites (tertiary alicyclic amines) is 1. The van der Waals surface area contributed by atoms with Gasteiger partial charge >= 0.3 is 0 Å². The standard InChI is InChI=1S/C17H20N2O3/c1-12-9-14(22-18-12)11-19-6-2-3-15(19)13-4-5-16-17(10-13)21-8-7-20-16/h4-5,9-10,15H,2-3,6-8,11H2,1H3/t15-/m1/s1. The predicted molar refractivity (Wildman–Crippen MR) is 81.1 cm³/mol. The number of hydrogen-bond donors (Lipinski definition) is 0. The fourth-order valence-corrected chi connectivity index (χ4v) is 3.35. The van der Waals surface area contributed by atoms with Gasteiger partial charge < -0.3 is 14.0 Å². The minimum absolute atomic E-state index is 0.404. The van der Waals surface area contributed by atoms with Gasteiger partial charge in [0.25, 0.3) is 0 Å². The molecule has 3 heterocycles. The highest BCUT2D eigenvalue weighted by molar-refractivity contribution is 5.44. The second kappa shape index (κ2) is 5.65. The Morgan fingerprint density at radius 1 is 1.18 bits per heavy atom. The molecule has 5 nitrogen and oxygen atoms in total. The van der Waals surface area contributed by atoms with Gasteiger partial charge in [0, 0.05) is 12.1 Å². The van der Waals surface area contributed by atoms with E-state index in [9.17, 15) is 0 Å². The molecule has 0 spiro atoms. The minimum Gasteiger partial charge on any atom is -0.486 e. The molecule has 2 aliphatic rings. The van der Waals surface area contributed by atoms with Crippen molar-refractivity contribution in [2.45, 2.75) is 32.4 Å². The quantitative estimate of drug-likeness (QED) is 0.871. The molecule has 0 N–H and O–H groups in total. The van der Waals surface area contributed by atoms with E-state index < -0.39 is 0 Å². The number of rotatable bonds is 3. The number of fused-ring (bicyclic) bond motifs is 1. The maximum atomic E-state index is 5.71. The fraction of sp³-hybridized carbons (Fsp3) is 0.471. The van der Waals surface area contributed by atoms with Gasteiger partial charge in [-0.25, -0.2) is 0 Å². The van der Waals surface area contributed by atoms with Crippen LogP contribution in [0.1, 0.15) is 35.9 Å². The zero-order valence-electron chi connectivity index (χ0n) is 12.7. The molecule has 2 aromatic rings. The van der Waals surface area contributed by atoms with Crippen molar-refractivity contribution in [2.24, 2.45) is 0 Å². The molecule has 1 aromatic heterocycles. The Morgan fingerprint density at radius 2 is 2.05 bits per heavy atom. The van der Waals surface area contributed by atoms with Crippen LogP contribution >= 0.6 is 0 Å². The van der Waals surface area contributed by atoms with E-state index in [2.05, 4.69) is 22.2 Å². The second-order valence-corrected chi connectivity index (χ2v) is 5.97. The molecule has 22 heavy (non-hydrogen) atoms. The number of hydrogen-bond acceptors (Lipinski definition) is 5. The molecule has 5 heteroatoms. The highest BCUT2D eigenvalue weighted by Crippen LogP contribution is 2.38. The molecule has 0 unspecified atom stereocenters. The van der Waals surface area contributed by atoms with Crippen LogP contribution in [0.5, 0.6) is 11.5 Å². The molecule has 0 saturated carbocycles. The Bertz CT molecular complexity index is 668. The zero-order valence-corrected chi connectivity index (χ0v) is 12.7. The van der Waals surface area contributed by atoms with Gasteiger partial charge in [-0.15, -0.1) is 0 Å². The van der Waals surface area contributed by atoms with Crippen molar-refractivity contribution in [2.75, 3.05) is 19.8 Å². The first kappa shape index (κ1) is 13.6. The van der Waals surface area contributed by atoms with Crippen molar-refractivity contribution >= 4 is 0 Å². The topological polar surface area (TPSA) is 47.7 Å². The van der Waals surface area contributed by atoms with E-state index in [4.69, 9.17) is 14.0 Å². The van der Waals surface area contributed by atoms with Gasteiger partial charge in [0.2, 0.25) is 0 Å². The van der Waals surface area contributed by atoms with Gasteiger partial charge in [-0.05, 0) is 44.0 Å². The average molecular weight is 300 g/mol. The van der Waals surface area contributed by atoms with Gasteiger partial charge in [-0.2, -0.15) is 0 Å². The molecule has 4 rings (SSSR count). The molecule has 1 aromatic carbocycles. The normalized spacial score (nSPS) is 21.2. The number of benzene rings is 1. The second-order valence-electron chi connectivity index (χ2n) is 5.97. The average Bonchev–Trinajstić information content (AvgIpc) is 3.16. The van der Waals surface area contributed by atoms with Gasteiger partial charge in [-0.1, -0.05) is 11.2 Å². The molecule has 1 fully saturated rings. The van der Waals surface area contributed by atoms with E-state index in [0.29, 0.717) is 19.3 Å². The van der Waals surface area contributed by atoms with Gasteiger partial charge in [-0.3, -0.25) is 4.90 Å². The van der Waals surface area contributed by atoms with Gasteiger partial charge in [0.05, 0.1) is 12.2 Å². The third-order valence-corrected chi connectivity index (χ3v) is 4.35. The van der Waals surface area contributed by atoms with Gasteiger partial charge in [0.1, 0.15) is 13.2 Å². The Labute approximate surface area is 129 Å². The summed E-state index contributed by atoms with van der Waals surface area (Å²) >= 11 is 0. The Hall–Kier alpha value is -2.01. The lowest BCUT2D eigenvalue weighted by molar-refractivity contribution is 0.170. The zero-order chi connectivity index (χ0) is 14.9. The van der Waals surface area contributed by atoms with Crippen LogP contribution in [0.25, 0.3) is 0 Å². The molecule has 116 valence electrons. The molecule has 0 radical (unpaired) electrons. The van der Waals surface area contributed by atoms with Crippen LogP contribution in [0.3, 0.4) is 0 Å². The van der Waals surface area contributed by atoms with E-state index in [1.54, 1.807) is 0 Å². The third-order valence-electron chi connectivity index (χ3n) is 4.35. The highest BCUT2D eigenvalue weighted by Gasteiger charge is 2.28. The molecular weight excluding hydrogens is 280 g/mol. The van der Waals surface area contributed by atoms with E-state index in [1.807, 2.05) is 19.1 Å². The summed E-state index contributed by atoms with van der Waals surface area (Å²) in [6.45, 7) is 5.10. The summed E-state index contributed by atoms with van der Waals surface area (Å²) in [5.41, 5.74) is 2.23. The summed E-state index contributed by atoms with van der Waals surface area (Å²) in [5, 5.41) is 3.98. The first-order valence-electron chi connectivity index (χ1n) is 7.85. The molecule has 0 bridgehead atoms. The number of aryl methyl sites for hydroxylation is 1. The van der Waals surface area contributed by atoms with Gasteiger partial charge in [0.15, 0.2) is 17.3 Å². The maximum Gasteiger partial charge on any atom is 0.161 e. The Kier molecular flexibility index (Phi) is 3.50. The lowest BCUT2D eigenvalue weighted by Crippen LogP contribution is -2.23. The number of ether oxygens (including phenoxy) is 2. The summed E-state index contributed by atoms with van der Waals surface area (Å²) in [5.74, 6) is 2.65. The van der Waals surface area contributed by atoms with E-state index in [-0.39, 0.29) is 0 Å². The monoisotopic (exact) mass is 300 g/mol. The highest BCUT2D eigenvalue weighted by atomic mass is 16.6. The first-order valence-corrected chi connectivity index (χ1v) is 7.85. The third kappa shape index (κ3) is 2.57. The smallest absolute Gasteiger partial charge is 0.161 e. The fourth-order valence-electron chi connectivity index (χ4n) is 3.35. The molecule has 0 aliphatic carbocycles. The van der Waals surface area contributed by atoms with Crippen LogP contribution in [0, 0.1) is 6.92 Å². The minimum atomic E-state index is 0.404.